The average Bonchev–Trinajstić information content (AvgIpc) is 3.19. The van der Waals surface area contributed by atoms with Crippen molar-refractivity contribution in [3.8, 4) is 0 Å². The zero-order valence-corrected chi connectivity index (χ0v) is 38.0. The topological polar surface area (TPSA) is 119 Å². The third-order valence-corrected chi connectivity index (χ3v) is 10.9. The van der Waals surface area contributed by atoms with Crippen molar-refractivity contribution in [1.29, 1.82) is 0 Å². The van der Waals surface area contributed by atoms with Crippen molar-refractivity contribution in [2.45, 2.75) is 245 Å². The van der Waals surface area contributed by atoms with Crippen molar-refractivity contribution >= 4 is 17.9 Å². The number of carboxylic acid groups (broad SMARTS) is 1. The molecule has 0 heterocycles. The van der Waals surface area contributed by atoms with Crippen LogP contribution in [-0.2, 0) is 23.9 Å². The first kappa shape index (κ1) is 58.2. The number of hydrogen-bond acceptors (Lipinski definition) is 7. The second-order valence-corrected chi connectivity index (χ2v) is 16.5. The minimum atomic E-state index is -5.08. The summed E-state index contributed by atoms with van der Waals surface area (Å²) in [7, 11) is 0. The molecule has 0 aromatic carbocycles. The predicted molar refractivity (Wildman–Crippen MR) is 234 cm³/mol. The molecule has 0 saturated heterocycles. The van der Waals surface area contributed by atoms with Crippen LogP contribution >= 0.6 is 0 Å². The maximum atomic E-state index is 12.7. The number of esters is 2. The summed E-state index contributed by atoms with van der Waals surface area (Å²) in [5.41, 5.74) is 5.84. The number of carboxylic acids is 1. The Kier molecular flexibility index (Phi) is 43.4. The molecule has 0 aliphatic rings. The van der Waals surface area contributed by atoms with Crippen LogP contribution in [0.5, 0.6) is 0 Å². The number of rotatable bonds is 41. The highest BCUT2D eigenvalue weighted by Gasteiger charge is 2.38. The standard InChI is InChI=1S/C45H90N2O4.C2HF3O2/c1-5-9-13-17-23-32-43(33-24-18-14-10-6-2)51-45(49)35-26-20-16-22-28-39-47(40-29-37-46)38-27-21-15-19-25-34-44(48)50-41-36-42(30-11-7-3)31-12-8-4;3-2(4,5)1(6)7/h42-43H,5-41,46H2,1-4H3;(H,6,7). The molecule has 0 aromatic rings. The van der Waals surface area contributed by atoms with Gasteiger partial charge < -0.3 is 25.2 Å². The monoisotopic (exact) mass is 837 g/mol. The van der Waals surface area contributed by atoms with Crippen molar-refractivity contribution in [3.05, 3.63) is 0 Å². The van der Waals surface area contributed by atoms with Gasteiger partial charge in [0.1, 0.15) is 6.10 Å². The van der Waals surface area contributed by atoms with Crippen molar-refractivity contribution in [3.63, 3.8) is 0 Å². The van der Waals surface area contributed by atoms with Gasteiger partial charge in [-0.3, -0.25) is 9.59 Å². The maximum absolute atomic E-state index is 12.7. The summed E-state index contributed by atoms with van der Waals surface area (Å²) in [6.07, 6.45) is 32.0. The van der Waals surface area contributed by atoms with E-state index in [-0.39, 0.29) is 18.0 Å². The number of hydrogen-bond donors (Lipinski definition) is 2. The molecular weight excluding hydrogens is 746 g/mol. The van der Waals surface area contributed by atoms with Gasteiger partial charge in [-0.15, -0.1) is 0 Å². The Morgan fingerprint density at radius 1 is 0.534 bits per heavy atom. The Morgan fingerprint density at radius 3 is 1.38 bits per heavy atom. The minimum absolute atomic E-state index is 0.00624. The van der Waals surface area contributed by atoms with Crippen LogP contribution < -0.4 is 5.73 Å². The Bertz CT molecular complexity index is 901. The normalized spacial score (nSPS) is 11.6. The summed E-state index contributed by atoms with van der Waals surface area (Å²) in [6, 6.07) is 0. The molecule has 0 unspecified atom stereocenters. The van der Waals surface area contributed by atoms with E-state index in [1.807, 2.05) is 0 Å². The van der Waals surface area contributed by atoms with Crippen molar-refractivity contribution in [2.24, 2.45) is 11.7 Å². The lowest BCUT2D eigenvalue weighted by molar-refractivity contribution is -0.192. The Labute approximate surface area is 354 Å². The highest BCUT2D eigenvalue weighted by atomic mass is 19.4. The third kappa shape index (κ3) is 42.3. The molecule has 0 atom stereocenters. The zero-order chi connectivity index (χ0) is 43.5. The number of alkyl halides is 3. The molecule has 0 rings (SSSR count). The van der Waals surface area contributed by atoms with Crippen molar-refractivity contribution < 1.29 is 42.1 Å². The Balaban J connectivity index is 0. The number of ether oxygens (including phenoxy) is 2. The Morgan fingerprint density at radius 2 is 0.931 bits per heavy atom. The second-order valence-electron chi connectivity index (χ2n) is 16.5. The molecule has 0 spiro atoms. The molecule has 0 radical (unpaired) electrons. The number of halogens is 3. The fraction of sp³-hybridized carbons (Fsp3) is 0.936. The summed E-state index contributed by atoms with van der Waals surface area (Å²) < 4.78 is 43.3. The number of carbonyl (C=O) groups is 3. The van der Waals surface area contributed by atoms with Gasteiger partial charge in [-0.1, -0.05) is 156 Å². The molecule has 3 N–H and O–H groups in total. The minimum Gasteiger partial charge on any atom is -0.475 e. The van der Waals surface area contributed by atoms with Gasteiger partial charge in [0.2, 0.25) is 0 Å². The van der Waals surface area contributed by atoms with Gasteiger partial charge in [-0.25, -0.2) is 4.79 Å². The summed E-state index contributed by atoms with van der Waals surface area (Å²) >= 11 is 0. The SMILES string of the molecule is CCCCCCCC(CCCCCCC)OC(=O)CCCCCCCN(CCCN)CCCCCCCC(=O)OCCC(CCCC)CCCC.O=C(O)C(F)(F)F. The van der Waals surface area contributed by atoms with Gasteiger partial charge in [0.25, 0.3) is 0 Å². The number of unbranched alkanes of at least 4 members (excludes halogenated alkanes) is 18. The van der Waals surface area contributed by atoms with Crippen LogP contribution in [0.3, 0.4) is 0 Å². The number of aliphatic carboxylic acids is 1. The molecular formula is C47H91F3N2O6. The molecule has 11 heteroatoms. The van der Waals surface area contributed by atoms with Gasteiger partial charge in [0, 0.05) is 12.8 Å². The summed E-state index contributed by atoms with van der Waals surface area (Å²) in [4.78, 5) is 36.4. The molecule has 8 nitrogen and oxygen atoms in total. The zero-order valence-electron chi connectivity index (χ0n) is 38.0. The molecule has 0 aliphatic carbocycles. The molecule has 0 amide bonds. The molecule has 0 aliphatic heterocycles. The van der Waals surface area contributed by atoms with Gasteiger partial charge in [0.15, 0.2) is 0 Å². The van der Waals surface area contributed by atoms with Crippen LogP contribution in [0.15, 0.2) is 0 Å². The van der Waals surface area contributed by atoms with Crippen LogP contribution in [-0.4, -0.2) is 73.0 Å². The van der Waals surface area contributed by atoms with E-state index in [9.17, 15) is 22.8 Å². The summed E-state index contributed by atoms with van der Waals surface area (Å²) in [5, 5.41) is 7.12. The van der Waals surface area contributed by atoms with Gasteiger partial charge in [0.05, 0.1) is 6.61 Å². The van der Waals surface area contributed by atoms with E-state index in [0.717, 1.165) is 77.5 Å². The van der Waals surface area contributed by atoms with E-state index < -0.39 is 12.1 Å². The molecule has 0 fully saturated rings. The highest BCUT2D eigenvalue weighted by molar-refractivity contribution is 5.73. The highest BCUT2D eigenvalue weighted by Crippen LogP contribution is 2.21. The average molecular weight is 837 g/mol. The fourth-order valence-corrected chi connectivity index (χ4v) is 7.21. The first-order valence-electron chi connectivity index (χ1n) is 24.0. The van der Waals surface area contributed by atoms with Crippen molar-refractivity contribution in [1.82, 2.24) is 4.90 Å². The largest absolute Gasteiger partial charge is 0.490 e. The molecule has 0 saturated carbocycles. The lowest BCUT2D eigenvalue weighted by Crippen LogP contribution is -2.28. The first-order chi connectivity index (χ1) is 27.9. The molecule has 58 heavy (non-hydrogen) atoms. The van der Waals surface area contributed by atoms with Gasteiger partial charge in [-0.05, 0) is 96.3 Å². The lowest BCUT2D eigenvalue weighted by Gasteiger charge is -2.22. The lowest BCUT2D eigenvalue weighted by atomic mass is 9.93. The van der Waals surface area contributed by atoms with E-state index in [1.54, 1.807) is 0 Å². The van der Waals surface area contributed by atoms with Crippen LogP contribution in [0.1, 0.15) is 233 Å². The van der Waals surface area contributed by atoms with E-state index >= 15 is 0 Å². The van der Waals surface area contributed by atoms with Crippen LogP contribution in [0.25, 0.3) is 0 Å². The van der Waals surface area contributed by atoms with Crippen LogP contribution in [0.4, 0.5) is 13.2 Å². The smallest absolute Gasteiger partial charge is 0.475 e. The van der Waals surface area contributed by atoms with Crippen LogP contribution in [0, 0.1) is 5.92 Å². The second kappa shape index (κ2) is 43.2. The van der Waals surface area contributed by atoms with E-state index in [2.05, 4.69) is 32.6 Å². The summed E-state index contributed by atoms with van der Waals surface area (Å²) in [6.45, 7) is 13.7. The van der Waals surface area contributed by atoms with Crippen LogP contribution in [0.2, 0.25) is 0 Å². The maximum Gasteiger partial charge on any atom is 0.490 e. The number of nitrogens with two attached hydrogens (primary N) is 1. The Hall–Kier alpha value is -1.88. The van der Waals surface area contributed by atoms with Gasteiger partial charge in [-0.2, -0.15) is 13.2 Å². The predicted octanol–water partition coefficient (Wildman–Crippen LogP) is 13.5. The molecule has 0 bridgehead atoms. The number of carbonyl (C=O) groups excluding carboxylic acids is 2. The summed E-state index contributed by atoms with van der Waals surface area (Å²) in [5.74, 6) is -2.02. The van der Waals surface area contributed by atoms with E-state index in [4.69, 9.17) is 25.1 Å². The van der Waals surface area contributed by atoms with Crippen molar-refractivity contribution in [2.75, 3.05) is 32.8 Å². The van der Waals surface area contributed by atoms with E-state index in [1.165, 1.54) is 141 Å². The number of nitrogens with zero attached hydrogens (tertiary/aromatic N) is 1. The first-order valence-corrected chi connectivity index (χ1v) is 24.0. The third-order valence-electron chi connectivity index (χ3n) is 10.9. The fourth-order valence-electron chi connectivity index (χ4n) is 7.21. The quantitative estimate of drug-likeness (QED) is 0.0461. The molecule has 346 valence electrons. The van der Waals surface area contributed by atoms with E-state index in [0.29, 0.717) is 25.4 Å². The molecule has 0 aromatic heterocycles. The van der Waals surface area contributed by atoms with Gasteiger partial charge >= 0.3 is 24.1 Å².